The number of nitrogens with one attached hydrogen (secondary N) is 1. The number of carbonyl (C=O) groups excluding carboxylic acids is 2. The molecule has 0 aliphatic carbocycles. The molecular formula is C24H22F3N5O2. The molecule has 1 aromatic carbocycles. The normalized spacial score (nSPS) is 15.9. The number of aryl methyl sites for hydroxylation is 1. The van der Waals surface area contributed by atoms with Crippen molar-refractivity contribution in [3.05, 3.63) is 82.9 Å². The molecule has 10 heteroatoms. The van der Waals surface area contributed by atoms with Gasteiger partial charge in [0.05, 0.1) is 17.4 Å². The standard InChI is InChI=1S/C24H22F3N5O2/c1-14-2-3-15(23(34)31-18-9-17(11-29-12-18)24(25,26)27)8-20(14)16-5-7-32(13-16)19-4-6-30-21(10-19)22(28)33/h2-4,6,8-12,16H,5,7,13H2,1H3,(H2,28,33)(H,31,34)/t16-/m1/s1. The summed E-state index contributed by atoms with van der Waals surface area (Å²) in [6.45, 7) is 3.37. The van der Waals surface area contributed by atoms with E-state index in [1.165, 1.54) is 6.20 Å². The van der Waals surface area contributed by atoms with Gasteiger partial charge in [-0.25, -0.2) is 0 Å². The first-order valence-electron chi connectivity index (χ1n) is 10.6. The Morgan fingerprint density at radius 1 is 1.15 bits per heavy atom. The zero-order valence-electron chi connectivity index (χ0n) is 18.3. The van der Waals surface area contributed by atoms with Crippen LogP contribution in [-0.4, -0.2) is 34.9 Å². The number of aromatic nitrogens is 2. The van der Waals surface area contributed by atoms with Crippen LogP contribution in [0.3, 0.4) is 0 Å². The van der Waals surface area contributed by atoms with Gasteiger partial charge in [-0.15, -0.1) is 0 Å². The highest BCUT2D eigenvalue weighted by Crippen LogP contribution is 2.33. The monoisotopic (exact) mass is 469 g/mol. The Morgan fingerprint density at radius 2 is 1.94 bits per heavy atom. The van der Waals surface area contributed by atoms with Crippen molar-refractivity contribution in [3.8, 4) is 0 Å². The van der Waals surface area contributed by atoms with Crippen LogP contribution in [0.25, 0.3) is 0 Å². The van der Waals surface area contributed by atoms with Crippen LogP contribution < -0.4 is 16.0 Å². The van der Waals surface area contributed by atoms with E-state index >= 15 is 0 Å². The second kappa shape index (κ2) is 9.12. The van der Waals surface area contributed by atoms with Crippen LogP contribution in [0.4, 0.5) is 24.5 Å². The highest BCUT2D eigenvalue weighted by Gasteiger charge is 2.31. The average molecular weight is 469 g/mol. The molecule has 3 heterocycles. The predicted octanol–water partition coefficient (Wildman–Crippen LogP) is 4.15. The second-order valence-electron chi connectivity index (χ2n) is 8.18. The molecular weight excluding hydrogens is 447 g/mol. The minimum Gasteiger partial charge on any atom is -0.371 e. The van der Waals surface area contributed by atoms with Crippen molar-refractivity contribution < 1.29 is 22.8 Å². The van der Waals surface area contributed by atoms with E-state index in [1.807, 2.05) is 19.1 Å². The van der Waals surface area contributed by atoms with Gasteiger partial charge < -0.3 is 16.0 Å². The Labute approximate surface area is 193 Å². The van der Waals surface area contributed by atoms with E-state index in [4.69, 9.17) is 5.73 Å². The lowest BCUT2D eigenvalue weighted by Crippen LogP contribution is -2.21. The van der Waals surface area contributed by atoms with Crippen molar-refractivity contribution in [2.75, 3.05) is 23.3 Å². The molecule has 1 aliphatic heterocycles. The summed E-state index contributed by atoms with van der Waals surface area (Å²) in [5.74, 6) is -0.978. The maximum Gasteiger partial charge on any atom is 0.417 e. The number of hydrogen-bond donors (Lipinski definition) is 2. The molecule has 0 spiro atoms. The van der Waals surface area contributed by atoms with Gasteiger partial charge in [-0.2, -0.15) is 13.2 Å². The lowest BCUT2D eigenvalue weighted by Gasteiger charge is -2.20. The van der Waals surface area contributed by atoms with Gasteiger partial charge >= 0.3 is 6.18 Å². The number of alkyl halides is 3. The number of hydrogen-bond acceptors (Lipinski definition) is 5. The van der Waals surface area contributed by atoms with Gasteiger partial charge in [-0.1, -0.05) is 6.07 Å². The molecule has 1 atom stereocenters. The van der Waals surface area contributed by atoms with Crippen molar-refractivity contribution in [1.82, 2.24) is 9.97 Å². The number of anilines is 2. The van der Waals surface area contributed by atoms with Gasteiger partial charge in [0.25, 0.3) is 11.8 Å². The first-order chi connectivity index (χ1) is 16.1. The third-order valence-corrected chi connectivity index (χ3v) is 5.85. The first kappa shape index (κ1) is 23.2. The van der Waals surface area contributed by atoms with Gasteiger partial charge in [0, 0.05) is 42.7 Å². The number of nitrogens with zero attached hydrogens (tertiary/aromatic N) is 3. The number of amides is 2. The Kier molecular flexibility index (Phi) is 6.23. The summed E-state index contributed by atoms with van der Waals surface area (Å²) in [6.07, 6.45) is -0.293. The van der Waals surface area contributed by atoms with Crippen LogP contribution in [0.15, 0.2) is 55.0 Å². The molecule has 1 aliphatic rings. The summed E-state index contributed by atoms with van der Waals surface area (Å²) < 4.78 is 38.8. The fourth-order valence-corrected chi connectivity index (χ4v) is 4.09. The van der Waals surface area contributed by atoms with E-state index in [9.17, 15) is 22.8 Å². The van der Waals surface area contributed by atoms with Gasteiger partial charge in [0.2, 0.25) is 0 Å². The summed E-state index contributed by atoms with van der Waals surface area (Å²) >= 11 is 0. The molecule has 4 rings (SSSR count). The van der Waals surface area contributed by atoms with E-state index in [-0.39, 0.29) is 17.3 Å². The molecule has 0 saturated carbocycles. The van der Waals surface area contributed by atoms with Gasteiger partial charge in [-0.3, -0.25) is 19.6 Å². The van der Waals surface area contributed by atoms with Crippen molar-refractivity contribution in [2.45, 2.75) is 25.4 Å². The summed E-state index contributed by atoms with van der Waals surface area (Å²) in [6, 6.07) is 9.57. The number of carbonyl (C=O) groups is 2. The summed E-state index contributed by atoms with van der Waals surface area (Å²) in [5, 5.41) is 2.50. The molecule has 3 N–H and O–H groups in total. The minimum atomic E-state index is -4.55. The SMILES string of the molecule is Cc1ccc(C(=O)Nc2cncc(C(F)(F)F)c2)cc1[C@@H]1CCN(c2ccnc(C(N)=O)c2)C1. The van der Waals surface area contributed by atoms with Crippen LogP contribution in [0, 0.1) is 6.92 Å². The minimum absolute atomic E-state index is 0.0306. The van der Waals surface area contributed by atoms with E-state index in [0.717, 1.165) is 35.8 Å². The number of primary amides is 1. The van der Waals surface area contributed by atoms with Crippen molar-refractivity contribution in [1.29, 1.82) is 0 Å². The number of pyridine rings is 2. The Morgan fingerprint density at radius 3 is 2.68 bits per heavy atom. The number of benzene rings is 1. The van der Waals surface area contributed by atoms with Crippen LogP contribution in [-0.2, 0) is 6.18 Å². The van der Waals surface area contributed by atoms with Crippen molar-refractivity contribution in [3.63, 3.8) is 0 Å². The van der Waals surface area contributed by atoms with E-state index in [1.54, 1.807) is 24.4 Å². The lowest BCUT2D eigenvalue weighted by atomic mass is 9.92. The Hall–Kier alpha value is -3.95. The maximum atomic E-state index is 12.9. The third-order valence-electron chi connectivity index (χ3n) is 5.85. The molecule has 176 valence electrons. The highest BCUT2D eigenvalue weighted by atomic mass is 19.4. The summed E-state index contributed by atoms with van der Waals surface area (Å²) in [7, 11) is 0. The van der Waals surface area contributed by atoms with Crippen LogP contribution in [0.5, 0.6) is 0 Å². The molecule has 0 radical (unpaired) electrons. The number of rotatable bonds is 5. The number of nitrogens with two attached hydrogens (primary N) is 1. The predicted molar refractivity (Wildman–Crippen MR) is 121 cm³/mol. The molecule has 2 amide bonds. The van der Waals surface area contributed by atoms with Crippen LogP contribution >= 0.6 is 0 Å². The molecule has 1 saturated heterocycles. The van der Waals surface area contributed by atoms with E-state index in [0.29, 0.717) is 18.3 Å². The fourth-order valence-electron chi connectivity index (χ4n) is 4.09. The van der Waals surface area contributed by atoms with Crippen LogP contribution in [0.2, 0.25) is 0 Å². The van der Waals surface area contributed by atoms with E-state index in [2.05, 4.69) is 20.2 Å². The quantitative estimate of drug-likeness (QED) is 0.585. The fraction of sp³-hybridized carbons (Fsp3) is 0.250. The van der Waals surface area contributed by atoms with Crippen LogP contribution in [0.1, 0.15) is 49.9 Å². The molecule has 3 aromatic rings. The molecule has 34 heavy (non-hydrogen) atoms. The smallest absolute Gasteiger partial charge is 0.371 e. The molecule has 0 unspecified atom stereocenters. The zero-order valence-corrected chi connectivity index (χ0v) is 18.3. The maximum absolute atomic E-state index is 12.9. The number of halogens is 3. The van der Waals surface area contributed by atoms with Gasteiger partial charge in [-0.05, 0) is 54.8 Å². The Bertz CT molecular complexity index is 1250. The van der Waals surface area contributed by atoms with Crippen molar-refractivity contribution in [2.24, 2.45) is 5.73 Å². The topological polar surface area (TPSA) is 101 Å². The van der Waals surface area contributed by atoms with E-state index < -0.39 is 23.6 Å². The molecule has 0 bridgehead atoms. The third kappa shape index (κ3) is 5.00. The first-order valence-corrected chi connectivity index (χ1v) is 10.6. The molecule has 2 aromatic heterocycles. The van der Waals surface area contributed by atoms with Gasteiger partial charge in [0.15, 0.2) is 0 Å². The highest BCUT2D eigenvalue weighted by molar-refractivity contribution is 6.04. The lowest BCUT2D eigenvalue weighted by molar-refractivity contribution is -0.137. The Balaban J connectivity index is 1.51. The molecule has 1 fully saturated rings. The zero-order chi connectivity index (χ0) is 24.5. The van der Waals surface area contributed by atoms with Gasteiger partial charge in [0.1, 0.15) is 5.69 Å². The summed E-state index contributed by atoms with van der Waals surface area (Å²) in [5.41, 5.74) is 7.75. The van der Waals surface area contributed by atoms with Crippen molar-refractivity contribution >= 4 is 23.2 Å². The second-order valence-corrected chi connectivity index (χ2v) is 8.18. The summed E-state index contributed by atoms with van der Waals surface area (Å²) in [4.78, 5) is 33.9. The average Bonchev–Trinajstić information content (AvgIpc) is 3.29. The molecule has 7 nitrogen and oxygen atoms in total. The largest absolute Gasteiger partial charge is 0.417 e.